The van der Waals surface area contributed by atoms with Crippen molar-refractivity contribution < 1.29 is 13.9 Å². The van der Waals surface area contributed by atoms with E-state index in [1.807, 2.05) is 11.9 Å². The number of carbonyl (C=O) groups is 1. The van der Waals surface area contributed by atoms with Crippen LogP contribution in [0.3, 0.4) is 0 Å². The summed E-state index contributed by atoms with van der Waals surface area (Å²) >= 11 is 0. The molecule has 0 aliphatic heterocycles. The third-order valence-corrected chi connectivity index (χ3v) is 5.43. The van der Waals surface area contributed by atoms with Crippen molar-refractivity contribution >= 4 is 34.1 Å². The summed E-state index contributed by atoms with van der Waals surface area (Å²) < 4.78 is 19.9. The van der Waals surface area contributed by atoms with Gasteiger partial charge in [-0.3, -0.25) is 4.79 Å². The topological polar surface area (TPSA) is 109 Å². The summed E-state index contributed by atoms with van der Waals surface area (Å²) in [6.45, 7) is 0. The van der Waals surface area contributed by atoms with Gasteiger partial charge in [-0.05, 0) is 31.0 Å². The number of ether oxygens (including phenoxy) is 1. The fraction of sp³-hybridized carbons (Fsp3) is 0.227. The predicted molar refractivity (Wildman–Crippen MR) is 117 cm³/mol. The number of ketones is 1. The molecule has 0 atom stereocenters. The highest BCUT2D eigenvalue weighted by molar-refractivity contribution is 6.18. The highest BCUT2D eigenvalue weighted by Gasteiger charge is 2.30. The summed E-state index contributed by atoms with van der Waals surface area (Å²) in [4.78, 5) is 34.9. The summed E-state index contributed by atoms with van der Waals surface area (Å²) in [7, 11) is 3.46. The van der Waals surface area contributed by atoms with Gasteiger partial charge in [0.2, 0.25) is 11.8 Å². The molecule has 1 saturated carbocycles. The molecule has 0 bridgehead atoms. The second kappa shape index (κ2) is 7.88. The van der Waals surface area contributed by atoms with Crippen LogP contribution in [-0.2, 0) is 0 Å². The predicted octanol–water partition coefficient (Wildman–Crippen LogP) is 3.47. The number of nitrogens with zero attached hydrogens (tertiary/aromatic N) is 5. The Kier molecular flexibility index (Phi) is 4.89. The average molecular weight is 433 g/mol. The average Bonchev–Trinajstić information content (AvgIpc) is 3.57. The van der Waals surface area contributed by atoms with Gasteiger partial charge in [0.1, 0.15) is 23.6 Å². The second-order valence-corrected chi connectivity index (χ2v) is 7.54. The Morgan fingerprint density at radius 3 is 2.72 bits per heavy atom. The van der Waals surface area contributed by atoms with Gasteiger partial charge in [0.25, 0.3) is 0 Å². The highest BCUT2D eigenvalue weighted by atomic mass is 19.1. The van der Waals surface area contributed by atoms with Gasteiger partial charge < -0.3 is 19.9 Å². The van der Waals surface area contributed by atoms with Crippen molar-refractivity contribution in [2.75, 3.05) is 24.4 Å². The number of aromatic nitrogens is 5. The molecule has 0 unspecified atom stereocenters. The van der Waals surface area contributed by atoms with Crippen molar-refractivity contribution in [3.63, 3.8) is 0 Å². The minimum absolute atomic E-state index is 0.131. The molecular formula is C22H20FN7O2. The fourth-order valence-electron chi connectivity index (χ4n) is 3.57. The lowest BCUT2D eigenvalue weighted by Gasteiger charge is -2.18. The van der Waals surface area contributed by atoms with E-state index >= 15 is 0 Å². The molecular weight excluding hydrogens is 413 g/mol. The lowest BCUT2D eigenvalue weighted by atomic mass is 10.0. The Morgan fingerprint density at radius 2 is 2.03 bits per heavy atom. The zero-order chi connectivity index (χ0) is 22.2. The summed E-state index contributed by atoms with van der Waals surface area (Å²) in [5, 5.41) is 3.54. The lowest BCUT2D eigenvalue weighted by Crippen LogP contribution is -2.21. The minimum Gasteiger partial charge on any atom is -0.481 e. The molecule has 4 aromatic heterocycles. The first-order valence-corrected chi connectivity index (χ1v) is 10.1. The van der Waals surface area contributed by atoms with Crippen LogP contribution in [0, 0.1) is 5.95 Å². The number of H-pyrrole nitrogens is 1. The van der Waals surface area contributed by atoms with Gasteiger partial charge in [-0.25, -0.2) is 19.9 Å². The quantitative estimate of drug-likeness (QED) is 0.337. The largest absolute Gasteiger partial charge is 0.481 e. The maximum atomic E-state index is 14.9. The maximum absolute atomic E-state index is 14.9. The molecule has 162 valence electrons. The molecule has 4 aromatic rings. The number of hydrogen-bond donors (Lipinski definition) is 2. The van der Waals surface area contributed by atoms with Crippen molar-refractivity contribution in [3.05, 3.63) is 60.1 Å². The smallest absolute Gasteiger partial charge is 0.226 e. The van der Waals surface area contributed by atoms with Crippen LogP contribution in [0.15, 0.2) is 43.0 Å². The van der Waals surface area contributed by atoms with Crippen LogP contribution in [0.4, 0.5) is 21.7 Å². The first kappa shape index (κ1) is 19.9. The number of anilines is 3. The molecule has 32 heavy (non-hydrogen) atoms. The van der Waals surface area contributed by atoms with Gasteiger partial charge in [0.15, 0.2) is 5.78 Å². The van der Waals surface area contributed by atoms with E-state index in [-0.39, 0.29) is 11.4 Å². The van der Waals surface area contributed by atoms with E-state index in [2.05, 4.69) is 30.2 Å². The fourth-order valence-corrected chi connectivity index (χ4v) is 3.57. The van der Waals surface area contributed by atoms with Crippen LogP contribution in [0.1, 0.15) is 28.8 Å². The zero-order valence-electron chi connectivity index (χ0n) is 17.5. The van der Waals surface area contributed by atoms with Crippen LogP contribution in [0.25, 0.3) is 11.0 Å². The molecule has 4 heterocycles. The Morgan fingerprint density at radius 1 is 1.19 bits per heavy atom. The van der Waals surface area contributed by atoms with Gasteiger partial charge in [0, 0.05) is 25.4 Å². The van der Waals surface area contributed by atoms with E-state index in [1.54, 1.807) is 30.6 Å². The first-order chi connectivity index (χ1) is 15.5. The SMILES string of the molecule is COc1ccc(Nc2ccc(C(=O)c3c[nH]c4ncnc(N(C)C5CC5)c34)c(F)n2)cn1. The number of carbonyl (C=O) groups excluding carboxylic acids is 1. The van der Waals surface area contributed by atoms with Gasteiger partial charge in [-0.15, -0.1) is 0 Å². The summed E-state index contributed by atoms with van der Waals surface area (Å²) in [6, 6.07) is 6.75. The molecule has 1 aliphatic carbocycles. The molecule has 10 heteroatoms. The van der Waals surface area contributed by atoms with Crippen molar-refractivity contribution in [3.8, 4) is 5.88 Å². The lowest BCUT2D eigenvalue weighted by molar-refractivity contribution is 0.103. The Labute approximate surface area is 182 Å². The summed E-state index contributed by atoms with van der Waals surface area (Å²) in [5.74, 6) is 0.0113. The van der Waals surface area contributed by atoms with Crippen LogP contribution in [0.2, 0.25) is 0 Å². The number of methoxy groups -OCH3 is 1. The molecule has 0 spiro atoms. The van der Waals surface area contributed by atoms with Crippen molar-refractivity contribution in [2.24, 2.45) is 0 Å². The second-order valence-electron chi connectivity index (χ2n) is 7.54. The number of nitrogens with one attached hydrogen (secondary N) is 2. The number of halogens is 1. The Hall–Kier alpha value is -4.08. The molecule has 0 radical (unpaired) electrons. The zero-order valence-corrected chi connectivity index (χ0v) is 17.5. The van der Waals surface area contributed by atoms with Crippen molar-refractivity contribution in [2.45, 2.75) is 18.9 Å². The minimum atomic E-state index is -0.871. The molecule has 0 aromatic carbocycles. The van der Waals surface area contributed by atoms with E-state index in [0.29, 0.717) is 40.0 Å². The first-order valence-electron chi connectivity index (χ1n) is 10.1. The van der Waals surface area contributed by atoms with E-state index in [9.17, 15) is 9.18 Å². The Bertz CT molecular complexity index is 1300. The normalized spacial score (nSPS) is 13.2. The number of fused-ring (bicyclic) bond motifs is 1. The molecule has 2 N–H and O–H groups in total. The maximum Gasteiger partial charge on any atom is 0.226 e. The van der Waals surface area contributed by atoms with Gasteiger partial charge >= 0.3 is 0 Å². The molecule has 5 rings (SSSR count). The standard InChI is InChI=1S/C22H20FN7O2/c1-30(13-4-5-13)22-18-15(10-25-21(18)26-11-27-22)19(31)14-6-7-16(29-20(14)23)28-12-3-8-17(32-2)24-9-12/h3,6-11,13H,4-5H2,1-2H3,(H,28,29)(H,25,26,27). The summed E-state index contributed by atoms with van der Waals surface area (Å²) in [6.07, 6.45) is 6.69. The molecule has 1 aliphatic rings. The van der Waals surface area contributed by atoms with Crippen LogP contribution < -0.4 is 15.0 Å². The molecule has 0 saturated heterocycles. The van der Waals surface area contributed by atoms with Crippen molar-refractivity contribution in [1.82, 2.24) is 24.9 Å². The molecule has 9 nitrogen and oxygen atoms in total. The van der Waals surface area contributed by atoms with Gasteiger partial charge in [-0.1, -0.05) is 0 Å². The number of hydrogen-bond acceptors (Lipinski definition) is 8. The Balaban J connectivity index is 1.45. The summed E-state index contributed by atoms with van der Waals surface area (Å²) in [5.41, 5.74) is 1.32. The van der Waals surface area contributed by atoms with E-state index in [0.717, 1.165) is 12.8 Å². The van der Waals surface area contributed by atoms with Crippen LogP contribution in [0.5, 0.6) is 5.88 Å². The number of rotatable bonds is 7. The van der Waals surface area contributed by atoms with E-state index in [4.69, 9.17) is 4.74 Å². The third kappa shape index (κ3) is 3.59. The number of aromatic amines is 1. The van der Waals surface area contributed by atoms with Crippen LogP contribution >= 0.6 is 0 Å². The van der Waals surface area contributed by atoms with Crippen LogP contribution in [-0.4, -0.2) is 50.9 Å². The number of pyridine rings is 2. The van der Waals surface area contributed by atoms with E-state index < -0.39 is 11.7 Å². The van der Waals surface area contributed by atoms with E-state index in [1.165, 1.54) is 19.5 Å². The van der Waals surface area contributed by atoms with Crippen molar-refractivity contribution in [1.29, 1.82) is 0 Å². The third-order valence-electron chi connectivity index (χ3n) is 5.43. The highest BCUT2D eigenvalue weighted by Crippen LogP contribution is 2.34. The molecule has 1 fully saturated rings. The van der Waals surface area contributed by atoms with Gasteiger partial charge in [-0.2, -0.15) is 4.39 Å². The molecule has 0 amide bonds. The van der Waals surface area contributed by atoms with Gasteiger partial charge in [0.05, 0.1) is 35.5 Å². The monoisotopic (exact) mass is 433 g/mol.